The van der Waals surface area contributed by atoms with Gasteiger partial charge in [-0.2, -0.15) is 12.7 Å². The molecule has 0 unspecified atom stereocenters. The fourth-order valence-electron chi connectivity index (χ4n) is 2.14. The maximum atomic E-state index is 12.2. The molecule has 0 aromatic heterocycles. The second-order valence-electron chi connectivity index (χ2n) is 4.42. The Kier molecular flexibility index (Phi) is 6.53. The number of rotatable bonds is 6. The molecule has 1 saturated heterocycles. The SMILES string of the molecule is CCCN(C1CCNCC1)S(=O)(=O)NC(=O)OCC. The maximum absolute atomic E-state index is 12.2. The van der Waals surface area contributed by atoms with Crippen molar-refractivity contribution < 1.29 is 17.9 Å². The standard InChI is InChI=1S/C11H23N3O4S/c1-3-9-14(10-5-7-12-8-6-10)19(16,17)13-11(15)18-4-2/h10,12H,3-9H2,1-2H3,(H,13,15). The first-order valence-corrected chi connectivity index (χ1v) is 8.12. The number of nitrogens with zero attached hydrogens (tertiary/aromatic N) is 1. The van der Waals surface area contributed by atoms with Crippen molar-refractivity contribution in [2.45, 2.75) is 39.2 Å². The summed E-state index contributed by atoms with van der Waals surface area (Å²) in [5, 5.41) is 3.19. The zero-order valence-corrected chi connectivity index (χ0v) is 12.3. The summed E-state index contributed by atoms with van der Waals surface area (Å²) in [5.74, 6) is 0. The Labute approximate surface area is 114 Å². The lowest BCUT2D eigenvalue weighted by atomic mass is 10.1. The van der Waals surface area contributed by atoms with E-state index in [0.717, 1.165) is 25.9 Å². The van der Waals surface area contributed by atoms with Gasteiger partial charge >= 0.3 is 16.3 Å². The summed E-state index contributed by atoms with van der Waals surface area (Å²) in [4.78, 5) is 11.3. The minimum Gasteiger partial charge on any atom is -0.449 e. The number of piperidine rings is 1. The van der Waals surface area contributed by atoms with Gasteiger partial charge in [-0.3, -0.25) is 0 Å². The van der Waals surface area contributed by atoms with E-state index in [0.29, 0.717) is 13.0 Å². The summed E-state index contributed by atoms with van der Waals surface area (Å²) in [6, 6.07) is -0.0619. The third kappa shape index (κ3) is 4.96. The molecule has 1 amide bonds. The summed E-state index contributed by atoms with van der Waals surface area (Å²) >= 11 is 0. The van der Waals surface area contributed by atoms with Gasteiger partial charge in [-0.15, -0.1) is 0 Å². The summed E-state index contributed by atoms with van der Waals surface area (Å²) in [5.41, 5.74) is 0. The van der Waals surface area contributed by atoms with Gasteiger partial charge in [0, 0.05) is 12.6 Å². The van der Waals surface area contributed by atoms with Crippen molar-refractivity contribution in [3.8, 4) is 0 Å². The molecule has 1 aliphatic heterocycles. The van der Waals surface area contributed by atoms with E-state index in [9.17, 15) is 13.2 Å². The zero-order valence-electron chi connectivity index (χ0n) is 11.5. The predicted octanol–water partition coefficient (Wildman–Crippen LogP) is 0.441. The van der Waals surface area contributed by atoms with E-state index in [1.807, 2.05) is 11.6 Å². The molecule has 0 radical (unpaired) electrons. The van der Waals surface area contributed by atoms with Crippen LogP contribution in [0.1, 0.15) is 33.1 Å². The summed E-state index contributed by atoms with van der Waals surface area (Å²) in [6.45, 7) is 5.66. The van der Waals surface area contributed by atoms with Crippen molar-refractivity contribution in [3.63, 3.8) is 0 Å². The lowest BCUT2D eigenvalue weighted by Gasteiger charge is -2.33. The Morgan fingerprint density at radius 3 is 2.53 bits per heavy atom. The second-order valence-corrected chi connectivity index (χ2v) is 6.04. The Balaban J connectivity index is 2.74. The molecule has 0 atom stereocenters. The number of carbonyl (C=O) groups excluding carboxylic acids is 1. The Bertz CT molecular complexity index is 379. The number of amides is 1. The molecule has 0 saturated carbocycles. The van der Waals surface area contributed by atoms with Gasteiger partial charge in [0.05, 0.1) is 6.61 Å². The smallest absolute Gasteiger partial charge is 0.421 e. The van der Waals surface area contributed by atoms with Crippen LogP contribution in [0.3, 0.4) is 0 Å². The quantitative estimate of drug-likeness (QED) is 0.742. The molecule has 7 nitrogen and oxygen atoms in total. The van der Waals surface area contributed by atoms with Gasteiger partial charge in [-0.25, -0.2) is 9.52 Å². The van der Waals surface area contributed by atoms with Gasteiger partial charge in [0.2, 0.25) is 0 Å². The largest absolute Gasteiger partial charge is 0.449 e. The number of carbonyl (C=O) groups is 1. The molecule has 19 heavy (non-hydrogen) atoms. The van der Waals surface area contributed by atoms with Gasteiger partial charge in [-0.1, -0.05) is 6.92 Å². The molecule has 1 heterocycles. The Morgan fingerprint density at radius 1 is 1.37 bits per heavy atom. The van der Waals surface area contributed by atoms with Crippen molar-refractivity contribution in [2.75, 3.05) is 26.2 Å². The van der Waals surface area contributed by atoms with Crippen LogP contribution in [0.4, 0.5) is 4.79 Å². The molecular formula is C11H23N3O4S. The van der Waals surface area contributed by atoms with Crippen LogP contribution in [0.15, 0.2) is 0 Å². The number of hydrogen-bond donors (Lipinski definition) is 2. The summed E-state index contributed by atoms with van der Waals surface area (Å²) in [6.07, 6.45) is 1.29. The highest BCUT2D eigenvalue weighted by Gasteiger charge is 2.31. The topological polar surface area (TPSA) is 87.7 Å². The molecule has 0 aromatic rings. The van der Waals surface area contributed by atoms with Gasteiger partial charge in [-0.05, 0) is 39.3 Å². The second kappa shape index (κ2) is 7.66. The maximum Gasteiger partial charge on any atom is 0.421 e. The van der Waals surface area contributed by atoms with E-state index in [2.05, 4.69) is 10.1 Å². The molecule has 8 heteroatoms. The minimum absolute atomic E-state index is 0.0619. The highest BCUT2D eigenvalue weighted by molar-refractivity contribution is 7.87. The van der Waals surface area contributed by atoms with Crippen molar-refractivity contribution in [3.05, 3.63) is 0 Å². The van der Waals surface area contributed by atoms with E-state index < -0.39 is 16.3 Å². The predicted molar refractivity (Wildman–Crippen MR) is 72.0 cm³/mol. The molecule has 0 bridgehead atoms. The van der Waals surface area contributed by atoms with Crippen LogP contribution in [0, 0.1) is 0 Å². The van der Waals surface area contributed by atoms with E-state index in [1.165, 1.54) is 4.31 Å². The molecule has 1 aliphatic rings. The van der Waals surface area contributed by atoms with Crippen LogP contribution < -0.4 is 10.0 Å². The molecule has 112 valence electrons. The Morgan fingerprint density at radius 2 is 2.00 bits per heavy atom. The monoisotopic (exact) mass is 293 g/mol. The molecule has 0 aromatic carbocycles. The highest BCUT2D eigenvalue weighted by Crippen LogP contribution is 2.15. The molecule has 2 N–H and O–H groups in total. The fourth-order valence-corrected chi connectivity index (χ4v) is 3.55. The molecular weight excluding hydrogens is 270 g/mol. The van der Waals surface area contributed by atoms with Crippen LogP contribution in [-0.2, 0) is 14.9 Å². The van der Waals surface area contributed by atoms with Crippen LogP contribution in [-0.4, -0.2) is 51.1 Å². The molecule has 1 fully saturated rings. The number of nitrogens with one attached hydrogen (secondary N) is 2. The van der Waals surface area contributed by atoms with E-state index in [1.54, 1.807) is 6.92 Å². The van der Waals surface area contributed by atoms with E-state index in [4.69, 9.17) is 0 Å². The van der Waals surface area contributed by atoms with Crippen molar-refractivity contribution in [2.24, 2.45) is 0 Å². The lowest BCUT2D eigenvalue weighted by Crippen LogP contribution is -2.51. The van der Waals surface area contributed by atoms with E-state index in [-0.39, 0.29) is 12.6 Å². The van der Waals surface area contributed by atoms with Crippen LogP contribution >= 0.6 is 0 Å². The van der Waals surface area contributed by atoms with Crippen LogP contribution in [0.2, 0.25) is 0 Å². The number of ether oxygens (including phenoxy) is 1. The third-order valence-electron chi connectivity index (χ3n) is 2.96. The van der Waals surface area contributed by atoms with Gasteiger partial charge in [0.15, 0.2) is 0 Å². The van der Waals surface area contributed by atoms with Crippen LogP contribution in [0.5, 0.6) is 0 Å². The molecule has 1 rings (SSSR count). The Hall–Kier alpha value is -0.860. The number of hydrogen-bond acceptors (Lipinski definition) is 5. The first-order valence-electron chi connectivity index (χ1n) is 6.68. The highest BCUT2D eigenvalue weighted by atomic mass is 32.2. The van der Waals surface area contributed by atoms with Gasteiger partial charge < -0.3 is 10.1 Å². The normalized spacial score (nSPS) is 17.4. The van der Waals surface area contributed by atoms with Gasteiger partial charge in [0.1, 0.15) is 0 Å². The van der Waals surface area contributed by atoms with Gasteiger partial charge in [0.25, 0.3) is 0 Å². The van der Waals surface area contributed by atoms with Crippen LogP contribution in [0.25, 0.3) is 0 Å². The summed E-state index contributed by atoms with van der Waals surface area (Å²) < 4.78 is 32.4. The van der Waals surface area contributed by atoms with Crippen molar-refractivity contribution >= 4 is 16.3 Å². The zero-order chi connectivity index (χ0) is 14.3. The molecule has 0 spiro atoms. The average Bonchev–Trinajstić information content (AvgIpc) is 2.36. The summed E-state index contributed by atoms with van der Waals surface area (Å²) in [7, 11) is -3.82. The third-order valence-corrected chi connectivity index (χ3v) is 4.48. The molecule has 0 aliphatic carbocycles. The minimum atomic E-state index is -3.82. The van der Waals surface area contributed by atoms with Crippen molar-refractivity contribution in [1.82, 2.24) is 14.3 Å². The van der Waals surface area contributed by atoms with Crippen molar-refractivity contribution in [1.29, 1.82) is 0 Å². The lowest BCUT2D eigenvalue weighted by molar-refractivity contribution is 0.157. The first-order chi connectivity index (χ1) is 9.01. The average molecular weight is 293 g/mol. The first kappa shape index (κ1) is 16.2. The fraction of sp³-hybridized carbons (Fsp3) is 0.909. The van der Waals surface area contributed by atoms with E-state index >= 15 is 0 Å².